The van der Waals surface area contributed by atoms with E-state index in [1.54, 1.807) is 30.3 Å². The van der Waals surface area contributed by atoms with Gasteiger partial charge in [0.15, 0.2) is 0 Å². The monoisotopic (exact) mass is 320 g/mol. The molecule has 2 nitrogen and oxygen atoms in total. The van der Waals surface area contributed by atoms with Gasteiger partial charge in [0.25, 0.3) is 0 Å². The summed E-state index contributed by atoms with van der Waals surface area (Å²) in [4.78, 5) is 2.31. The molecule has 0 radical (unpaired) electrons. The van der Waals surface area contributed by atoms with Crippen LogP contribution in [0.15, 0.2) is 42.5 Å². The molecule has 0 bridgehead atoms. The SMILES string of the molecule is N#Cc1ccccc1-c1cc2cc(C(F)(F)F)[nH]c2cc1Cl. The maximum atomic E-state index is 12.8. The number of aromatic nitrogens is 1. The zero-order valence-electron chi connectivity index (χ0n) is 11.0. The van der Waals surface area contributed by atoms with E-state index in [0.717, 1.165) is 6.07 Å². The van der Waals surface area contributed by atoms with Crippen LogP contribution in [0.4, 0.5) is 13.2 Å². The van der Waals surface area contributed by atoms with Crippen LogP contribution in [0.1, 0.15) is 11.3 Å². The Morgan fingerprint density at radius 2 is 1.77 bits per heavy atom. The van der Waals surface area contributed by atoms with Gasteiger partial charge in [0.1, 0.15) is 5.69 Å². The molecule has 22 heavy (non-hydrogen) atoms. The van der Waals surface area contributed by atoms with Crippen molar-refractivity contribution in [1.29, 1.82) is 5.26 Å². The van der Waals surface area contributed by atoms with Gasteiger partial charge in [-0.1, -0.05) is 29.8 Å². The molecule has 3 aromatic rings. The molecule has 1 heterocycles. The molecule has 0 fully saturated rings. The van der Waals surface area contributed by atoms with Crippen LogP contribution in [-0.4, -0.2) is 4.98 Å². The van der Waals surface area contributed by atoms with Gasteiger partial charge in [-0.15, -0.1) is 0 Å². The third-order valence-electron chi connectivity index (χ3n) is 3.35. The van der Waals surface area contributed by atoms with Gasteiger partial charge in [-0.05, 0) is 24.3 Å². The zero-order valence-corrected chi connectivity index (χ0v) is 11.8. The fraction of sp³-hybridized carbons (Fsp3) is 0.0625. The second-order valence-corrected chi connectivity index (χ2v) is 5.16. The molecule has 6 heteroatoms. The molecule has 0 aliphatic carbocycles. The largest absolute Gasteiger partial charge is 0.431 e. The molecule has 0 aliphatic heterocycles. The number of hydrogen-bond acceptors (Lipinski definition) is 1. The molecule has 0 amide bonds. The highest BCUT2D eigenvalue weighted by molar-refractivity contribution is 6.34. The summed E-state index contributed by atoms with van der Waals surface area (Å²) >= 11 is 6.18. The Hall–Kier alpha value is -2.45. The van der Waals surface area contributed by atoms with Gasteiger partial charge in [0, 0.05) is 22.0 Å². The standard InChI is InChI=1S/C16H8ClF3N2/c17-13-7-14-10(6-15(22-14)16(18,19)20)5-12(13)11-4-2-1-3-9(11)8-21/h1-7,22H. The molecule has 0 saturated carbocycles. The summed E-state index contributed by atoms with van der Waals surface area (Å²) in [5.41, 5.74) is 1.00. The van der Waals surface area contributed by atoms with Crippen molar-refractivity contribution in [2.45, 2.75) is 6.18 Å². The highest BCUT2D eigenvalue weighted by Gasteiger charge is 2.32. The summed E-state index contributed by atoms with van der Waals surface area (Å²) in [7, 11) is 0. The van der Waals surface area contributed by atoms with Crippen LogP contribution in [0.25, 0.3) is 22.0 Å². The molecule has 110 valence electrons. The third-order valence-corrected chi connectivity index (χ3v) is 3.66. The highest BCUT2D eigenvalue weighted by atomic mass is 35.5. The smallest absolute Gasteiger partial charge is 0.351 e. The van der Waals surface area contributed by atoms with Gasteiger partial charge in [-0.3, -0.25) is 0 Å². The molecule has 2 aromatic carbocycles. The van der Waals surface area contributed by atoms with E-state index in [1.807, 2.05) is 0 Å². The van der Waals surface area contributed by atoms with Crippen molar-refractivity contribution in [2.75, 3.05) is 0 Å². The number of nitriles is 1. The predicted octanol–water partition coefficient (Wildman–Crippen LogP) is 5.38. The Bertz CT molecular complexity index is 904. The van der Waals surface area contributed by atoms with Crippen LogP contribution in [-0.2, 0) is 6.18 Å². The minimum atomic E-state index is -4.45. The summed E-state index contributed by atoms with van der Waals surface area (Å²) in [5, 5.41) is 9.82. The number of H-pyrrole nitrogens is 1. The van der Waals surface area contributed by atoms with E-state index < -0.39 is 11.9 Å². The Balaban J connectivity index is 2.24. The van der Waals surface area contributed by atoms with E-state index in [1.165, 1.54) is 6.07 Å². The molecule has 0 atom stereocenters. The number of rotatable bonds is 1. The second kappa shape index (κ2) is 5.08. The van der Waals surface area contributed by atoms with Crippen molar-refractivity contribution >= 4 is 22.5 Å². The van der Waals surface area contributed by atoms with E-state index in [2.05, 4.69) is 11.1 Å². The minimum absolute atomic E-state index is 0.283. The first kappa shape index (κ1) is 14.5. The van der Waals surface area contributed by atoms with E-state index in [0.29, 0.717) is 27.6 Å². The number of nitrogens with zero attached hydrogens (tertiary/aromatic N) is 1. The van der Waals surface area contributed by atoms with E-state index in [-0.39, 0.29) is 5.02 Å². The van der Waals surface area contributed by atoms with Gasteiger partial charge in [0.2, 0.25) is 0 Å². The average Bonchev–Trinajstić information content (AvgIpc) is 2.89. The number of fused-ring (bicyclic) bond motifs is 1. The number of nitrogens with one attached hydrogen (secondary N) is 1. The fourth-order valence-corrected chi connectivity index (χ4v) is 2.59. The van der Waals surface area contributed by atoms with Gasteiger partial charge < -0.3 is 4.98 Å². The van der Waals surface area contributed by atoms with Crippen molar-refractivity contribution in [1.82, 2.24) is 4.98 Å². The van der Waals surface area contributed by atoms with Gasteiger partial charge in [-0.2, -0.15) is 18.4 Å². The number of alkyl halides is 3. The number of aromatic amines is 1. The summed E-state index contributed by atoms with van der Waals surface area (Å²) in [6.45, 7) is 0. The highest BCUT2D eigenvalue weighted by Crippen LogP contribution is 2.37. The molecule has 0 saturated heterocycles. The first-order chi connectivity index (χ1) is 10.4. The topological polar surface area (TPSA) is 39.6 Å². The summed E-state index contributed by atoms with van der Waals surface area (Å²) in [6, 6.07) is 12.9. The van der Waals surface area contributed by atoms with Gasteiger partial charge in [-0.25, -0.2) is 0 Å². The lowest BCUT2D eigenvalue weighted by molar-refractivity contribution is -0.140. The summed E-state index contributed by atoms with van der Waals surface area (Å²) in [6.07, 6.45) is -4.45. The van der Waals surface area contributed by atoms with Gasteiger partial charge >= 0.3 is 6.18 Å². The lowest BCUT2D eigenvalue weighted by Gasteiger charge is -2.07. The Morgan fingerprint density at radius 1 is 1.05 bits per heavy atom. The van der Waals surface area contributed by atoms with Crippen molar-refractivity contribution in [3.63, 3.8) is 0 Å². The quantitative estimate of drug-likeness (QED) is 0.642. The van der Waals surface area contributed by atoms with E-state index in [9.17, 15) is 13.2 Å². The van der Waals surface area contributed by atoms with Crippen molar-refractivity contribution < 1.29 is 13.2 Å². The maximum Gasteiger partial charge on any atom is 0.431 e. The summed E-state index contributed by atoms with van der Waals surface area (Å²) in [5.74, 6) is 0. The Labute approximate surface area is 128 Å². The first-order valence-electron chi connectivity index (χ1n) is 6.29. The van der Waals surface area contributed by atoms with E-state index >= 15 is 0 Å². The normalized spacial score (nSPS) is 11.6. The average molecular weight is 321 g/mol. The van der Waals surface area contributed by atoms with Crippen molar-refractivity contribution in [3.05, 3.63) is 58.7 Å². The predicted molar refractivity (Wildman–Crippen MR) is 78.5 cm³/mol. The summed E-state index contributed by atoms with van der Waals surface area (Å²) < 4.78 is 38.3. The third kappa shape index (κ3) is 2.42. The lowest BCUT2D eigenvalue weighted by Crippen LogP contribution is -2.04. The van der Waals surface area contributed by atoms with Gasteiger partial charge in [0.05, 0.1) is 16.7 Å². The molecule has 1 aromatic heterocycles. The van der Waals surface area contributed by atoms with Crippen LogP contribution in [0.5, 0.6) is 0 Å². The molecule has 3 rings (SSSR count). The van der Waals surface area contributed by atoms with Crippen molar-refractivity contribution in [2.24, 2.45) is 0 Å². The Kier molecular flexibility index (Phi) is 3.34. The van der Waals surface area contributed by atoms with Crippen molar-refractivity contribution in [3.8, 4) is 17.2 Å². The fourth-order valence-electron chi connectivity index (χ4n) is 2.33. The number of benzene rings is 2. The zero-order chi connectivity index (χ0) is 15.9. The molecule has 0 aliphatic rings. The minimum Gasteiger partial charge on any atom is -0.351 e. The molecular formula is C16H8ClF3N2. The molecule has 1 N–H and O–H groups in total. The molecule has 0 spiro atoms. The van der Waals surface area contributed by atoms with Crippen LogP contribution in [0, 0.1) is 11.3 Å². The van der Waals surface area contributed by atoms with Crippen LogP contribution in [0.2, 0.25) is 5.02 Å². The van der Waals surface area contributed by atoms with E-state index in [4.69, 9.17) is 16.9 Å². The lowest BCUT2D eigenvalue weighted by atomic mass is 9.99. The van der Waals surface area contributed by atoms with Crippen LogP contribution < -0.4 is 0 Å². The molecular weight excluding hydrogens is 313 g/mol. The molecule has 0 unspecified atom stereocenters. The van der Waals surface area contributed by atoms with Crippen LogP contribution >= 0.6 is 11.6 Å². The Morgan fingerprint density at radius 3 is 2.45 bits per heavy atom. The maximum absolute atomic E-state index is 12.8. The second-order valence-electron chi connectivity index (χ2n) is 4.76. The van der Waals surface area contributed by atoms with Crippen LogP contribution in [0.3, 0.4) is 0 Å². The number of hydrogen-bond donors (Lipinski definition) is 1. The first-order valence-corrected chi connectivity index (χ1v) is 6.67. The number of halogens is 4.